The third kappa shape index (κ3) is 4.26. The summed E-state index contributed by atoms with van der Waals surface area (Å²) in [5.74, 6) is -0.262. The van der Waals surface area contributed by atoms with Gasteiger partial charge in [-0.1, -0.05) is 18.2 Å². The van der Waals surface area contributed by atoms with Gasteiger partial charge in [0.1, 0.15) is 11.9 Å². The number of rotatable bonds is 6. The third-order valence-electron chi connectivity index (χ3n) is 5.26. The molecule has 3 aromatic rings. The molecule has 2 aromatic carbocycles. The smallest absolute Gasteiger partial charge is 0.231 e. The molecule has 0 radical (unpaired) electrons. The average molecular weight is 426 g/mol. The van der Waals surface area contributed by atoms with E-state index in [1.165, 1.54) is 6.07 Å². The van der Waals surface area contributed by atoms with Gasteiger partial charge >= 0.3 is 0 Å². The summed E-state index contributed by atoms with van der Waals surface area (Å²) >= 11 is 0. The summed E-state index contributed by atoms with van der Waals surface area (Å²) in [4.78, 5) is 23.1. The third-order valence-corrected chi connectivity index (χ3v) is 5.26. The van der Waals surface area contributed by atoms with Gasteiger partial charge < -0.3 is 10.2 Å². The predicted octanol–water partition coefficient (Wildman–Crippen LogP) is 3.61. The lowest BCUT2D eigenvalue weighted by Crippen LogP contribution is -2.31. The Balaban J connectivity index is 1.62. The number of halogens is 1. The van der Waals surface area contributed by atoms with E-state index in [0.717, 1.165) is 11.1 Å². The summed E-state index contributed by atoms with van der Waals surface area (Å²) in [7, 11) is 0. The van der Waals surface area contributed by atoms with Crippen molar-refractivity contribution in [2.24, 2.45) is 0 Å². The van der Waals surface area contributed by atoms with Crippen LogP contribution in [0.25, 0.3) is 11.3 Å². The maximum absolute atomic E-state index is 14.0. The highest BCUT2D eigenvalue weighted by molar-refractivity contribution is 5.98. The van der Waals surface area contributed by atoms with Crippen molar-refractivity contribution in [1.82, 2.24) is 9.97 Å². The lowest BCUT2D eigenvalue weighted by atomic mass is 10.0. The molecule has 2 heterocycles. The average Bonchev–Trinajstić information content (AvgIpc) is 3.25. The second kappa shape index (κ2) is 9.23. The van der Waals surface area contributed by atoms with Crippen LogP contribution in [0.5, 0.6) is 0 Å². The zero-order valence-corrected chi connectivity index (χ0v) is 17.2. The topological polar surface area (TPSA) is 106 Å². The van der Waals surface area contributed by atoms with E-state index in [1.807, 2.05) is 6.07 Å². The largest absolute Gasteiger partial charge is 0.353 e. The number of hydrogen-bond donors (Lipinski definition) is 1. The molecular weight excluding hydrogens is 407 g/mol. The van der Waals surface area contributed by atoms with Crippen LogP contribution in [0.3, 0.4) is 0 Å². The summed E-state index contributed by atoms with van der Waals surface area (Å²) in [6, 6.07) is 15.8. The van der Waals surface area contributed by atoms with Crippen molar-refractivity contribution in [2.75, 3.05) is 23.3 Å². The number of nitriles is 2. The molecule has 8 heteroatoms. The Hall–Kier alpha value is -4.30. The molecule has 4 rings (SSSR count). The van der Waals surface area contributed by atoms with Crippen LogP contribution < -0.4 is 10.2 Å². The highest BCUT2D eigenvalue weighted by Gasteiger charge is 2.29. The maximum Gasteiger partial charge on any atom is 0.231 e. The highest BCUT2D eigenvalue weighted by atomic mass is 19.1. The van der Waals surface area contributed by atoms with Crippen LogP contribution in [0, 0.1) is 28.5 Å². The normalized spacial score (nSPS) is 12.0. The number of nitrogens with zero attached hydrogens (tertiary/aromatic N) is 5. The predicted molar refractivity (Wildman–Crippen MR) is 117 cm³/mol. The zero-order chi connectivity index (χ0) is 22.5. The van der Waals surface area contributed by atoms with Crippen molar-refractivity contribution in [3.8, 4) is 23.4 Å². The molecule has 158 valence electrons. The SMILES string of the molecule is N#CCCNc1nccc(-c2cc(C#N)c3c(c2)CCN3C(=O)Cc2ccccc2F)n1. The summed E-state index contributed by atoms with van der Waals surface area (Å²) < 4.78 is 14.0. The molecule has 32 heavy (non-hydrogen) atoms. The van der Waals surface area contributed by atoms with E-state index in [2.05, 4.69) is 27.4 Å². The van der Waals surface area contributed by atoms with Gasteiger partial charge in [-0.3, -0.25) is 4.79 Å². The Morgan fingerprint density at radius 3 is 2.84 bits per heavy atom. The number of carbonyl (C=O) groups is 1. The van der Waals surface area contributed by atoms with Gasteiger partial charge in [-0.25, -0.2) is 14.4 Å². The van der Waals surface area contributed by atoms with Crippen molar-refractivity contribution in [3.05, 3.63) is 71.2 Å². The van der Waals surface area contributed by atoms with E-state index in [4.69, 9.17) is 5.26 Å². The Morgan fingerprint density at radius 1 is 1.22 bits per heavy atom. The number of nitrogens with one attached hydrogen (secondary N) is 1. The number of benzene rings is 2. The fourth-order valence-corrected chi connectivity index (χ4v) is 3.77. The maximum atomic E-state index is 14.0. The Kier molecular flexibility index (Phi) is 6.05. The first-order chi connectivity index (χ1) is 15.6. The van der Waals surface area contributed by atoms with Crippen LogP contribution in [0.1, 0.15) is 23.1 Å². The molecular formula is C24H19FN6O. The molecule has 0 atom stereocenters. The fourth-order valence-electron chi connectivity index (χ4n) is 3.77. The van der Waals surface area contributed by atoms with Crippen LogP contribution in [0.15, 0.2) is 48.7 Å². The monoisotopic (exact) mass is 426 g/mol. The van der Waals surface area contributed by atoms with Crippen LogP contribution >= 0.6 is 0 Å². The summed E-state index contributed by atoms with van der Waals surface area (Å²) in [6.07, 6.45) is 2.48. The van der Waals surface area contributed by atoms with E-state index in [0.29, 0.717) is 54.4 Å². The standard InChI is InChI=1S/C24H19FN6O/c25-20-5-2-1-4-16(20)14-22(32)31-11-7-17-12-18(13-19(15-27)23(17)31)21-6-10-29-24(30-21)28-9-3-8-26/h1-2,4-6,10,12-13H,3,7,9,11,14H2,(H,28,29,30). The number of aromatic nitrogens is 2. The molecule has 1 amide bonds. The summed E-state index contributed by atoms with van der Waals surface area (Å²) in [6.45, 7) is 0.873. The van der Waals surface area contributed by atoms with Crippen LogP contribution in [-0.4, -0.2) is 29.0 Å². The van der Waals surface area contributed by atoms with E-state index >= 15 is 0 Å². The molecule has 1 aliphatic heterocycles. The second-order valence-corrected chi connectivity index (χ2v) is 7.31. The number of hydrogen-bond acceptors (Lipinski definition) is 6. The van der Waals surface area contributed by atoms with E-state index < -0.39 is 5.82 Å². The zero-order valence-electron chi connectivity index (χ0n) is 17.2. The molecule has 7 nitrogen and oxygen atoms in total. The van der Waals surface area contributed by atoms with Gasteiger partial charge in [-0.05, 0) is 41.8 Å². The van der Waals surface area contributed by atoms with E-state index in [-0.39, 0.29) is 12.3 Å². The van der Waals surface area contributed by atoms with Crippen molar-refractivity contribution >= 4 is 17.5 Å². The van der Waals surface area contributed by atoms with E-state index in [1.54, 1.807) is 41.4 Å². The molecule has 1 N–H and O–H groups in total. The Labute approximate surface area is 184 Å². The van der Waals surface area contributed by atoms with Gasteiger partial charge in [0.05, 0.1) is 35.9 Å². The lowest BCUT2D eigenvalue weighted by Gasteiger charge is -2.19. The molecule has 0 spiro atoms. The van der Waals surface area contributed by atoms with Gasteiger partial charge in [0.15, 0.2) is 0 Å². The second-order valence-electron chi connectivity index (χ2n) is 7.31. The fraction of sp³-hybridized carbons (Fsp3) is 0.208. The van der Waals surface area contributed by atoms with Crippen molar-refractivity contribution in [1.29, 1.82) is 10.5 Å². The van der Waals surface area contributed by atoms with Crippen LogP contribution in [-0.2, 0) is 17.6 Å². The van der Waals surface area contributed by atoms with Gasteiger partial charge in [-0.2, -0.15) is 10.5 Å². The lowest BCUT2D eigenvalue weighted by molar-refractivity contribution is -0.117. The minimum atomic E-state index is -0.418. The first-order valence-electron chi connectivity index (χ1n) is 10.2. The van der Waals surface area contributed by atoms with Crippen molar-refractivity contribution in [2.45, 2.75) is 19.3 Å². The summed E-state index contributed by atoms with van der Waals surface area (Å²) in [5.41, 5.74) is 3.54. The van der Waals surface area contributed by atoms with Gasteiger partial charge in [-0.15, -0.1) is 0 Å². The highest BCUT2D eigenvalue weighted by Crippen LogP contribution is 2.36. The van der Waals surface area contributed by atoms with Gasteiger partial charge in [0.2, 0.25) is 11.9 Å². The molecule has 0 bridgehead atoms. The van der Waals surface area contributed by atoms with Gasteiger partial charge in [0.25, 0.3) is 0 Å². The molecule has 0 aliphatic carbocycles. The first-order valence-corrected chi connectivity index (χ1v) is 10.2. The minimum Gasteiger partial charge on any atom is -0.353 e. The minimum absolute atomic E-state index is 0.0671. The Morgan fingerprint density at radius 2 is 2.06 bits per heavy atom. The van der Waals surface area contributed by atoms with Crippen molar-refractivity contribution < 1.29 is 9.18 Å². The van der Waals surface area contributed by atoms with Crippen molar-refractivity contribution in [3.63, 3.8) is 0 Å². The van der Waals surface area contributed by atoms with Gasteiger partial charge in [0, 0.05) is 24.8 Å². The quantitative estimate of drug-likeness (QED) is 0.604. The number of fused-ring (bicyclic) bond motifs is 1. The molecule has 0 unspecified atom stereocenters. The molecule has 0 saturated carbocycles. The number of amides is 1. The summed E-state index contributed by atoms with van der Waals surface area (Å²) in [5, 5.41) is 21.4. The van der Waals surface area contributed by atoms with E-state index in [9.17, 15) is 14.4 Å². The van der Waals surface area contributed by atoms with Crippen LogP contribution in [0.2, 0.25) is 0 Å². The van der Waals surface area contributed by atoms with Crippen LogP contribution in [0.4, 0.5) is 16.0 Å². The molecule has 1 aromatic heterocycles. The first kappa shape index (κ1) is 21.0. The molecule has 0 saturated heterocycles. The molecule has 0 fully saturated rings. The number of anilines is 2. The Bertz CT molecular complexity index is 1260. The number of carbonyl (C=O) groups excluding carboxylic acids is 1. The molecule has 1 aliphatic rings.